The van der Waals surface area contributed by atoms with Gasteiger partial charge in [-0.2, -0.15) is 0 Å². The van der Waals surface area contributed by atoms with Gasteiger partial charge in [0, 0.05) is 12.4 Å². The van der Waals surface area contributed by atoms with Gasteiger partial charge in [0.1, 0.15) is 10.4 Å². The summed E-state index contributed by atoms with van der Waals surface area (Å²) in [5.41, 5.74) is 2.92. The fraction of sp³-hybridized carbons (Fsp3) is 0.200. The lowest BCUT2D eigenvalue weighted by Crippen LogP contribution is -2.17. The lowest BCUT2D eigenvalue weighted by molar-refractivity contribution is 0.872. The van der Waals surface area contributed by atoms with Gasteiger partial charge in [0.15, 0.2) is 0 Å². The number of anilines is 1. The largest absolute Gasteiger partial charge is 0.354 e. The van der Waals surface area contributed by atoms with E-state index in [2.05, 4.69) is 36.2 Å². The fourth-order valence-corrected chi connectivity index (χ4v) is 2.13. The first-order chi connectivity index (χ1) is 7.25. The van der Waals surface area contributed by atoms with Gasteiger partial charge >= 0.3 is 0 Å². The molecule has 0 unspecified atom stereocenters. The first kappa shape index (κ1) is 10.6. The van der Waals surface area contributed by atoms with Crippen LogP contribution in [0.1, 0.15) is 5.69 Å². The number of hydrogen-bond donors (Lipinski definition) is 0. The number of pyridine rings is 1. The van der Waals surface area contributed by atoms with Crippen LogP contribution in [0, 0.1) is 0 Å². The van der Waals surface area contributed by atoms with Gasteiger partial charge in [-0.1, -0.05) is 6.07 Å². The number of halogens is 1. The minimum absolute atomic E-state index is 0.785. The number of nitrogens with zero attached hydrogens (tertiary/aromatic N) is 3. The third kappa shape index (κ3) is 2.76. The van der Waals surface area contributed by atoms with Gasteiger partial charge in [0.05, 0.1) is 17.7 Å². The van der Waals surface area contributed by atoms with Gasteiger partial charge in [-0.25, -0.2) is 9.97 Å². The Morgan fingerprint density at radius 3 is 3.00 bits per heavy atom. The monoisotopic (exact) mass is 283 g/mol. The molecular formula is C10H10BrN3S. The van der Waals surface area contributed by atoms with Crippen molar-refractivity contribution >= 4 is 33.1 Å². The highest BCUT2D eigenvalue weighted by Crippen LogP contribution is 2.15. The van der Waals surface area contributed by atoms with Gasteiger partial charge in [-0.05, 0) is 28.1 Å². The summed E-state index contributed by atoms with van der Waals surface area (Å²) < 4.78 is 0.852. The minimum Gasteiger partial charge on any atom is -0.354 e. The van der Waals surface area contributed by atoms with Gasteiger partial charge in [-0.3, -0.25) is 0 Å². The summed E-state index contributed by atoms with van der Waals surface area (Å²) >= 11 is 4.97. The van der Waals surface area contributed by atoms with Crippen molar-refractivity contribution in [2.45, 2.75) is 6.54 Å². The van der Waals surface area contributed by atoms with Crippen molar-refractivity contribution in [3.8, 4) is 0 Å². The molecule has 2 heterocycles. The third-order valence-corrected chi connectivity index (χ3v) is 3.05. The molecule has 0 saturated heterocycles. The van der Waals surface area contributed by atoms with E-state index in [4.69, 9.17) is 0 Å². The predicted octanol–water partition coefficient (Wildman–Crippen LogP) is 2.94. The number of rotatable bonds is 3. The number of aromatic nitrogens is 2. The van der Waals surface area contributed by atoms with Gasteiger partial charge in [0.25, 0.3) is 0 Å². The van der Waals surface area contributed by atoms with Crippen LogP contribution in [-0.2, 0) is 6.54 Å². The van der Waals surface area contributed by atoms with E-state index >= 15 is 0 Å². The van der Waals surface area contributed by atoms with Gasteiger partial charge < -0.3 is 4.90 Å². The maximum atomic E-state index is 4.37. The minimum atomic E-state index is 0.785. The highest BCUT2D eigenvalue weighted by molar-refractivity contribution is 9.10. The highest BCUT2D eigenvalue weighted by Gasteiger charge is 2.04. The molecule has 0 aliphatic heterocycles. The Labute approximate surface area is 101 Å². The van der Waals surface area contributed by atoms with E-state index in [9.17, 15) is 0 Å². The molecule has 3 nitrogen and oxygen atoms in total. The van der Waals surface area contributed by atoms with Gasteiger partial charge in [0.2, 0.25) is 0 Å². The first-order valence-electron chi connectivity index (χ1n) is 4.46. The summed E-state index contributed by atoms with van der Waals surface area (Å²) in [7, 11) is 2.01. The zero-order valence-electron chi connectivity index (χ0n) is 8.22. The molecule has 0 aromatic carbocycles. The van der Waals surface area contributed by atoms with Crippen LogP contribution in [-0.4, -0.2) is 17.0 Å². The van der Waals surface area contributed by atoms with E-state index in [1.54, 1.807) is 11.3 Å². The average molecular weight is 284 g/mol. The summed E-state index contributed by atoms with van der Waals surface area (Å²) in [5.74, 6) is 0.942. The van der Waals surface area contributed by atoms with Crippen LogP contribution in [0.3, 0.4) is 0 Å². The molecule has 15 heavy (non-hydrogen) atoms. The standard InChI is InChI=1S/C10H10BrN3S/c1-14(5-8-6-15-7-12-8)10-4-2-3-9(11)13-10/h2-4,6-7H,5H2,1H3. The van der Waals surface area contributed by atoms with E-state index in [1.807, 2.05) is 30.8 Å². The van der Waals surface area contributed by atoms with E-state index in [1.165, 1.54) is 0 Å². The van der Waals surface area contributed by atoms with Crippen LogP contribution in [0.15, 0.2) is 33.7 Å². The maximum Gasteiger partial charge on any atom is 0.129 e. The van der Waals surface area contributed by atoms with E-state index in [-0.39, 0.29) is 0 Å². The molecule has 2 aromatic heterocycles. The molecule has 0 aliphatic rings. The second-order valence-corrected chi connectivity index (χ2v) is 4.69. The van der Waals surface area contributed by atoms with Crippen LogP contribution in [0.25, 0.3) is 0 Å². The summed E-state index contributed by atoms with van der Waals surface area (Å²) in [4.78, 5) is 10.7. The molecule has 0 atom stereocenters. The van der Waals surface area contributed by atoms with E-state index < -0.39 is 0 Å². The molecule has 2 rings (SSSR count). The Bertz CT molecular complexity index is 430. The quantitative estimate of drug-likeness (QED) is 0.811. The first-order valence-corrected chi connectivity index (χ1v) is 6.20. The van der Waals surface area contributed by atoms with Crippen LogP contribution in [0.2, 0.25) is 0 Å². The van der Waals surface area contributed by atoms with Crippen LogP contribution < -0.4 is 4.90 Å². The smallest absolute Gasteiger partial charge is 0.129 e. The molecule has 5 heteroatoms. The Kier molecular flexibility index (Phi) is 3.33. The molecule has 0 aliphatic carbocycles. The molecule has 0 N–H and O–H groups in total. The average Bonchev–Trinajstić information content (AvgIpc) is 2.70. The molecule has 0 saturated carbocycles. The zero-order chi connectivity index (χ0) is 10.7. The number of hydrogen-bond acceptors (Lipinski definition) is 4. The van der Waals surface area contributed by atoms with Crippen LogP contribution in [0.4, 0.5) is 5.82 Å². The predicted molar refractivity (Wildman–Crippen MR) is 66.2 cm³/mol. The van der Waals surface area contributed by atoms with Crippen molar-refractivity contribution < 1.29 is 0 Å². The van der Waals surface area contributed by atoms with E-state index in [0.29, 0.717) is 0 Å². The summed E-state index contributed by atoms with van der Waals surface area (Å²) in [5, 5.41) is 2.05. The molecule has 0 fully saturated rings. The van der Waals surface area contributed by atoms with E-state index in [0.717, 1.165) is 22.7 Å². The Morgan fingerprint density at radius 2 is 2.33 bits per heavy atom. The van der Waals surface area contributed by atoms with Crippen molar-refractivity contribution in [2.24, 2.45) is 0 Å². The number of thiazole rings is 1. The summed E-state index contributed by atoms with van der Waals surface area (Å²) in [6, 6.07) is 5.88. The van der Waals surface area contributed by atoms with Gasteiger partial charge in [-0.15, -0.1) is 11.3 Å². The summed E-state index contributed by atoms with van der Waals surface area (Å²) in [6.07, 6.45) is 0. The molecule has 2 aromatic rings. The zero-order valence-corrected chi connectivity index (χ0v) is 10.6. The fourth-order valence-electron chi connectivity index (χ4n) is 1.25. The maximum absolute atomic E-state index is 4.37. The Balaban J connectivity index is 2.11. The molecule has 0 amide bonds. The lowest BCUT2D eigenvalue weighted by atomic mass is 10.4. The lowest BCUT2D eigenvalue weighted by Gasteiger charge is -2.16. The second kappa shape index (κ2) is 4.72. The third-order valence-electron chi connectivity index (χ3n) is 1.97. The SMILES string of the molecule is CN(Cc1cscn1)c1cccc(Br)n1. The van der Waals surface area contributed by atoms with Crippen molar-refractivity contribution in [1.29, 1.82) is 0 Å². The van der Waals surface area contributed by atoms with Crippen molar-refractivity contribution in [3.63, 3.8) is 0 Å². The molecule has 0 radical (unpaired) electrons. The molecule has 0 spiro atoms. The van der Waals surface area contributed by atoms with Crippen molar-refractivity contribution in [2.75, 3.05) is 11.9 Å². The topological polar surface area (TPSA) is 29.0 Å². The highest BCUT2D eigenvalue weighted by atomic mass is 79.9. The normalized spacial score (nSPS) is 10.3. The van der Waals surface area contributed by atoms with Crippen LogP contribution >= 0.6 is 27.3 Å². The second-order valence-electron chi connectivity index (χ2n) is 3.15. The molecular weight excluding hydrogens is 274 g/mol. The Hall–Kier alpha value is -0.940. The Morgan fingerprint density at radius 1 is 1.47 bits per heavy atom. The van der Waals surface area contributed by atoms with Crippen molar-refractivity contribution in [1.82, 2.24) is 9.97 Å². The molecule has 78 valence electrons. The molecule has 0 bridgehead atoms. The van der Waals surface area contributed by atoms with Crippen molar-refractivity contribution in [3.05, 3.63) is 39.4 Å². The summed E-state index contributed by atoms with van der Waals surface area (Å²) in [6.45, 7) is 0.785. The van der Waals surface area contributed by atoms with Crippen LogP contribution in [0.5, 0.6) is 0 Å².